The molecule has 3 heteroatoms. The third-order valence-electron chi connectivity index (χ3n) is 7.04. The Morgan fingerprint density at radius 1 is 1.03 bits per heavy atom. The van der Waals surface area contributed by atoms with Gasteiger partial charge in [0.25, 0.3) is 0 Å². The Bertz CT molecular complexity index is 697. The largest absolute Gasteiger partial charge is 0.546 e. The standard InChI is InChI=1S/C27H44O2Si/c1-7-8-9-10-11-13-18-23-19-20-24(21-25(28)22-16-14-12-15-17-22)26(23)29-30(5,6)27(2,3)4/h12,14-17,24H,7-11,13,18-21H2,1-6H3. The molecule has 168 valence electrons. The molecule has 0 aliphatic heterocycles. The van der Waals surface area contributed by atoms with Crippen molar-refractivity contribution in [1.82, 2.24) is 0 Å². The average Bonchev–Trinajstić information content (AvgIpc) is 3.05. The fourth-order valence-corrected chi connectivity index (χ4v) is 5.17. The molecule has 1 aromatic carbocycles. The fraction of sp³-hybridized carbons (Fsp3) is 0.667. The summed E-state index contributed by atoms with van der Waals surface area (Å²) < 4.78 is 6.89. The van der Waals surface area contributed by atoms with Crippen molar-refractivity contribution >= 4 is 14.1 Å². The van der Waals surface area contributed by atoms with Crippen molar-refractivity contribution in [2.75, 3.05) is 0 Å². The first-order chi connectivity index (χ1) is 14.2. The van der Waals surface area contributed by atoms with Crippen molar-refractivity contribution in [2.24, 2.45) is 5.92 Å². The fourth-order valence-electron chi connectivity index (χ4n) is 4.00. The highest BCUT2D eigenvalue weighted by molar-refractivity contribution is 6.74. The lowest BCUT2D eigenvalue weighted by atomic mass is 9.97. The molecule has 0 saturated heterocycles. The summed E-state index contributed by atoms with van der Waals surface area (Å²) in [5.74, 6) is 1.69. The quantitative estimate of drug-likeness (QED) is 0.189. The molecule has 0 bridgehead atoms. The van der Waals surface area contributed by atoms with E-state index in [0.717, 1.165) is 24.8 Å². The summed E-state index contributed by atoms with van der Waals surface area (Å²) in [6, 6.07) is 9.75. The van der Waals surface area contributed by atoms with Gasteiger partial charge >= 0.3 is 0 Å². The molecule has 0 spiro atoms. The van der Waals surface area contributed by atoms with Crippen molar-refractivity contribution in [3.05, 3.63) is 47.2 Å². The van der Waals surface area contributed by atoms with Gasteiger partial charge in [-0.05, 0) is 49.4 Å². The number of carbonyl (C=O) groups excluding carboxylic acids is 1. The van der Waals surface area contributed by atoms with E-state index in [1.165, 1.54) is 49.9 Å². The molecule has 2 rings (SSSR count). The van der Waals surface area contributed by atoms with Crippen molar-refractivity contribution in [2.45, 2.75) is 110 Å². The number of benzene rings is 1. The third-order valence-corrected chi connectivity index (χ3v) is 11.4. The van der Waals surface area contributed by atoms with Crippen molar-refractivity contribution in [3.8, 4) is 0 Å². The monoisotopic (exact) mass is 428 g/mol. The van der Waals surface area contributed by atoms with Crippen LogP contribution in [0.15, 0.2) is 41.7 Å². The lowest BCUT2D eigenvalue weighted by Gasteiger charge is -2.38. The summed E-state index contributed by atoms with van der Waals surface area (Å²) in [6.45, 7) is 13.8. The highest BCUT2D eigenvalue weighted by Crippen LogP contribution is 2.44. The van der Waals surface area contributed by atoms with Gasteiger partial charge in [-0.1, -0.05) is 90.1 Å². The maximum absolute atomic E-state index is 12.9. The molecule has 1 aromatic rings. The summed E-state index contributed by atoms with van der Waals surface area (Å²) in [6.07, 6.45) is 11.8. The second-order valence-electron chi connectivity index (χ2n) is 10.6. The van der Waals surface area contributed by atoms with E-state index in [9.17, 15) is 4.79 Å². The predicted octanol–water partition coefficient (Wildman–Crippen LogP) is 8.70. The van der Waals surface area contributed by atoms with Crippen LogP contribution in [-0.2, 0) is 4.43 Å². The number of allylic oxidation sites excluding steroid dienone is 2. The second-order valence-corrected chi connectivity index (χ2v) is 15.3. The van der Waals surface area contributed by atoms with Crippen LogP contribution in [0.4, 0.5) is 0 Å². The lowest BCUT2D eigenvalue weighted by molar-refractivity contribution is 0.0959. The van der Waals surface area contributed by atoms with Crippen LogP contribution in [0.2, 0.25) is 18.1 Å². The van der Waals surface area contributed by atoms with Crippen molar-refractivity contribution in [1.29, 1.82) is 0 Å². The maximum atomic E-state index is 12.9. The van der Waals surface area contributed by atoms with Gasteiger partial charge in [0.2, 0.25) is 8.32 Å². The normalized spacial score (nSPS) is 17.5. The van der Waals surface area contributed by atoms with Gasteiger partial charge in [-0.3, -0.25) is 4.79 Å². The number of hydrogen-bond donors (Lipinski definition) is 0. The summed E-state index contributed by atoms with van der Waals surface area (Å²) in [4.78, 5) is 12.9. The first kappa shape index (κ1) is 24.9. The molecule has 0 radical (unpaired) electrons. The van der Waals surface area contributed by atoms with E-state index in [-0.39, 0.29) is 16.7 Å². The molecule has 0 saturated carbocycles. The number of rotatable bonds is 12. The molecule has 30 heavy (non-hydrogen) atoms. The Kier molecular flexibility index (Phi) is 9.40. The maximum Gasteiger partial charge on any atom is 0.250 e. The number of Topliss-reactive ketones (excluding diaryl/α,β-unsaturated/α-hetero) is 1. The Morgan fingerprint density at radius 2 is 1.67 bits per heavy atom. The molecular weight excluding hydrogens is 384 g/mol. The summed E-state index contributed by atoms with van der Waals surface area (Å²) in [7, 11) is -1.92. The van der Waals surface area contributed by atoms with Crippen LogP contribution >= 0.6 is 0 Å². The van der Waals surface area contributed by atoms with Gasteiger partial charge in [-0.25, -0.2) is 0 Å². The molecule has 1 atom stereocenters. The van der Waals surface area contributed by atoms with Crippen LogP contribution in [0, 0.1) is 5.92 Å². The van der Waals surface area contributed by atoms with Crippen LogP contribution in [0.5, 0.6) is 0 Å². The van der Waals surface area contributed by atoms with Gasteiger partial charge in [0.15, 0.2) is 5.78 Å². The van der Waals surface area contributed by atoms with E-state index in [2.05, 4.69) is 40.8 Å². The van der Waals surface area contributed by atoms with Crippen LogP contribution < -0.4 is 0 Å². The van der Waals surface area contributed by atoms with E-state index in [1.807, 2.05) is 30.3 Å². The minimum Gasteiger partial charge on any atom is -0.546 e. The third kappa shape index (κ3) is 7.11. The molecule has 1 aliphatic rings. The van der Waals surface area contributed by atoms with Crippen LogP contribution in [0.25, 0.3) is 0 Å². The summed E-state index contributed by atoms with van der Waals surface area (Å²) in [5.41, 5.74) is 2.33. The number of unbranched alkanes of at least 4 members (excludes halogenated alkanes) is 5. The minimum atomic E-state index is -1.92. The first-order valence-corrected chi connectivity index (χ1v) is 15.1. The zero-order valence-electron chi connectivity index (χ0n) is 20.4. The molecular formula is C27H44O2Si. The van der Waals surface area contributed by atoms with Gasteiger partial charge in [-0.15, -0.1) is 0 Å². The van der Waals surface area contributed by atoms with Gasteiger partial charge in [0.05, 0.1) is 5.76 Å². The Labute approximate surface area is 186 Å². The molecule has 0 aromatic heterocycles. The van der Waals surface area contributed by atoms with Crippen LogP contribution in [0.3, 0.4) is 0 Å². The number of ketones is 1. The van der Waals surface area contributed by atoms with Crippen LogP contribution in [0.1, 0.15) is 102 Å². The molecule has 0 heterocycles. The van der Waals surface area contributed by atoms with Gasteiger partial charge < -0.3 is 4.43 Å². The van der Waals surface area contributed by atoms with Gasteiger partial charge in [-0.2, -0.15) is 0 Å². The molecule has 1 aliphatic carbocycles. The zero-order chi connectivity index (χ0) is 22.2. The van der Waals surface area contributed by atoms with E-state index < -0.39 is 8.32 Å². The average molecular weight is 429 g/mol. The Morgan fingerprint density at radius 3 is 2.30 bits per heavy atom. The number of carbonyl (C=O) groups is 1. The summed E-state index contributed by atoms with van der Waals surface area (Å²) >= 11 is 0. The van der Waals surface area contributed by atoms with E-state index in [0.29, 0.717) is 6.42 Å². The molecule has 1 unspecified atom stereocenters. The Balaban J connectivity index is 2.11. The molecule has 2 nitrogen and oxygen atoms in total. The highest BCUT2D eigenvalue weighted by atomic mass is 28.4. The SMILES string of the molecule is CCCCCCCCC1=C(O[Si](C)(C)C(C)(C)C)C(CC(=O)c2ccccc2)CC1. The topological polar surface area (TPSA) is 26.3 Å². The van der Waals surface area contributed by atoms with E-state index >= 15 is 0 Å². The van der Waals surface area contributed by atoms with Gasteiger partial charge in [0.1, 0.15) is 0 Å². The van der Waals surface area contributed by atoms with Crippen molar-refractivity contribution in [3.63, 3.8) is 0 Å². The van der Waals surface area contributed by atoms with E-state index in [1.54, 1.807) is 0 Å². The first-order valence-electron chi connectivity index (χ1n) is 12.1. The zero-order valence-corrected chi connectivity index (χ0v) is 21.4. The second kappa shape index (κ2) is 11.3. The summed E-state index contributed by atoms with van der Waals surface area (Å²) in [5, 5.41) is 0.168. The molecule has 0 fully saturated rings. The molecule has 0 amide bonds. The smallest absolute Gasteiger partial charge is 0.250 e. The lowest BCUT2D eigenvalue weighted by Crippen LogP contribution is -2.41. The molecule has 0 N–H and O–H groups in total. The number of hydrogen-bond acceptors (Lipinski definition) is 2. The van der Waals surface area contributed by atoms with Gasteiger partial charge in [0, 0.05) is 17.9 Å². The highest BCUT2D eigenvalue weighted by Gasteiger charge is 2.42. The Hall–Kier alpha value is -1.35. The van der Waals surface area contributed by atoms with Crippen LogP contribution in [-0.4, -0.2) is 14.1 Å². The minimum absolute atomic E-state index is 0.168. The van der Waals surface area contributed by atoms with Crippen molar-refractivity contribution < 1.29 is 9.22 Å². The van der Waals surface area contributed by atoms with E-state index in [4.69, 9.17) is 4.43 Å². The predicted molar refractivity (Wildman–Crippen MR) is 131 cm³/mol.